The van der Waals surface area contributed by atoms with Crippen LogP contribution in [0.15, 0.2) is 76.8 Å². The Balaban J connectivity index is 1.63. The fraction of sp³-hybridized carbons (Fsp3) is 0.0417. The van der Waals surface area contributed by atoms with Crippen molar-refractivity contribution >= 4 is 68.7 Å². The number of rotatable bonds is 4. The first-order chi connectivity index (χ1) is 15.3. The number of halogens is 3. The highest BCUT2D eigenvalue weighted by molar-refractivity contribution is 9.10. The molecule has 0 bridgehead atoms. The average molecular weight is 530 g/mol. The SMILES string of the molecule is O=C1NC(=O)N(c2ccc(Cl)cc2)C(=O)/C1=C/c1ccc(Cc2ccccc2Cl)c(Br)c1. The number of urea groups is 1. The third kappa shape index (κ3) is 4.63. The molecule has 8 heteroatoms. The predicted octanol–water partition coefficient (Wildman–Crippen LogP) is 6.01. The summed E-state index contributed by atoms with van der Waals surface area (Å²) in [6, 6.07) is 18.5. The van der Waals surface area contributed by atoms with Crippen molar-refractivity contribution in [2.75, 3.05) is 4.90 Å². The van der Waals surface area contributed by atoms with Crippen LogP contribution in [0.1, 0.15) is 16.7 Å². The highest BCUT2D eigenvalue weighted by Crippen LogP contribution is 2.27. The topological polar surface area (TPSA) is 66.5 Å². The first-order valence-corrected chi connectivity index (χ1v) is 11.1. The zero-order chi connectivity index (χ0) is 22.8. The minimum atomic E-state index is -0.809. The molecular formula is C24H15BrCl2N2O3. The van der Waals surface area contributed by atoms with Gasteiger partial charge < -0.3 is 0 Å². The van der Waals surface area contributed by atoms with Crippen LogP contribution >= 0.6 is 39.1 Å². The minimum absolute atomic E-state index is 0.148. The quantitative estimate of drug-likeness (QED) is 0.332. The van der Waals surface area contributed by atoms with Crippen LogP contribution < -0.4 is 10.2 Å². The molecule has 1 heterocycles. The largest absolute Gasteiger partial charge is 0.335 e. The van der Waals surface area contributed by atoms with E-state index in [1.165, 1.54) is 18.2 Å². The molecular weight excluding hydrogens is 515 g/mol. The van der Waals surface area contributed by atoms with Crippen molar-refractivity contribution in [3.05, 3.63) is 104 Å². The summed E-state index contributed by atoms with van der Waals surface area (Å²) in [6.07, 6.45) is 2.08. The summed E-state index contributed by atoms with van der Waals surface area (Å²) >= 11 is 15.7. The summed E-state index contributed by atoms with van der Waals surface area (Å²) in [5.74, 6) is -1.46. The van der Waals surface area contributed by atoms with Gasteiger partial charge in [0.1, 0.15) is 5.57 Å². The fourth-order valence-corrected chi connectivity index (χ4v) is 4.16. The van der Waals surface area contributed by atoms with E-state index in [4.69, 9.17) is 23.2 Å². The lowest BCUT2D eigenvalue weighted by Gasteiger charge is -2.26. The van der Waals surface area contributed by atoms with E-state index in [9.17, 15) is 14.4 Å². The van der Waals surface area contributed by atoms with E-state index in [2.05, 4.69) is 21.2 Å². The number of nitrogens with zero attached hydrogens (tertiary/aromatic N) is 1. The second-order valence-corrected chi connectivity index (χ2v) is 8.75. The first-order valence-electron chi connectivity index (χ1n) is 9.52. The Morgan fingerprint density at radius 3 is 2.31 bits per heavy atom. The standard InChI is InChI=1S/C24H15BrCl2N2O3/c25-20-12-14(5-6-15(20)13-16-3-1-2-4-21(16)27)11-19-22(30)28-24(32)29(23(19)31)18-9-7-17(26)8-10-18/h1-12H,13H2,(H,28,30,32)/b19-11+. The summed E-state index contributed by atoms with van der Waals surface area (Å²) in [7, 11) is 0. The van der Waals surface area contributed by atoms with Gasteiger partial charge in [-0.2, -0.15) is 0 Å². The van der Waals surface area contributed by atoms with Crippen LogP contribution in [0.25, 0.3) is 6.08 Å². The maximum Gasteiger partial charge on any atom is 0.335 e. The zero-order valence-corrected chi connectivity index (χ0v) is 19.5. The van der Waals surface area contributed by atoms with E-state index in [1.54, 1.807) is 18.2 Å². The van der Waals surface area contributed by atoms with Crippen molar-refractivity contribution in [2.45, 2.75) is 6.42 Å². The molecule has 0 radical (unpaired) electrons. The number of benzene rings is 3. The Labute approximate surface area is 202 Å². The second-order valence-electron chi connectivity index (χ2n) is 7.05. The van der Waals surface area contributed by atoms with Gasteiger partial charge in [0.25, 0.3) is 11.8 Å². The summed E-state index contributed by atoms with van der Waals surface area (Å²) in [6.45, 7) is 0. The Morgan fingerprint density at radius 2 is 1.62 bits per heavy atom. The fourth-order valence-electron chi connectivity index (χ4n) is 3.29. The van der Waals surface area contributed by atoms with Gasteiger partial charge in [0.15, 0.2) is 0 Å². The molecule has 1 saturated heterocycles. The lowest BCUT2D eigenvalue weighted by molar-refractivity contribution is -0.122. The van der Waals surface area contributed by atoms with Gasteiger partial charge in [-0.15, -0.1) is 0 Å². The Bertz CT molecular complexity index is 1270. The minimum Gasteiger partial charge on any atom is -0.273 e. The van der Waals surface area contributed by atoms with E-state index >= 15 is 0 Å². The van der Waals surface area contributed by atoms with Crippen LogP contribution in [-0.2, 0) is 16.0 Å². The molecule has 1 aliphatic rings. The molecule has 0 aromatic heterocycles. The number of nitrogens with one attached hydrogen (secondary N) is 1. The lowest BCUT2D eigenvalue weighted by atomic mass is 10.0. The van der Waals surface area contributed by atoms with Crippen molar-refractivity contribution in [2.24, 2.45) is 0 Å². The third-order valence-corrected chi connectivity index (χ3v) is 6.27. The molecule has 3 aromatic rings. The van der Waals surface area contributed by atoms with Gasteiger partial charge in [0.05, 0.1) is 5.69 Å². The van der Waals surface area contributed by atoms with Gasteiger partial charge in [0, 0.05) is 20.9 Å². The van der Waals surface area contributed by atoms with Crippen molar-refractivity contribution in [3.63, 3.8) is 0 Å². The maximum absolute atomic E-state index is 13.0. The zero-order valence-electron chi connectivity index (χ0n) is 16.4. The second kappa shape index (κ2) is 9.28. The highest BCUT2D eigenvalue weighted by Gasteiger charge is 2.36. The maximum atomic E-state index is 13.0. The number of carbonyl (C=O) groups excluding carboxylic acids is 3. The van der Waals surface area contributed by atoms with Crippen molar-refractivity contribution in [3.8, 4) is 0 Å². The molecule has 0 atom stereocenters. The number of barbiturate groups is 1. The van der Waals surface area contributed by atoms with E-state index < -0.39 is 17.8 Å². The Kier molecular flexibility index (Phi) is 6.46. The number of amides is 4. The van der Waals surface area contributed by atoms with Gasteiger partial charge in [-0.3, -0.25) is 14.9 Å². The average Bonchev–Trinajstić information content (AvgIpc) is 2.75. The van der Waals surface area contributed by atoms with Crippen LogP contribution in [0.4, 0.5) is 10.5 Å². The van der Waals surface area contributed by atoms with Crippen molar-refractivity contribution < 1.29 is 14.4 Å². The van der Waals surface area contributed by atoms with Crippen LogP contribution in [-0.4, -0.2) is 17.8 Å². The van der Waals surface area contributed by atoms with Crippen LogP contribution in [0.3, 0.4) is 0 Å². The van der Waals surface area contributed by atoms with Gasteiger partial charge in [-0.05, 0) is 59.2 Å². The van der Waals surface area contributed by atoms with E-state index in [0.717, 1.165) is 20.5 Å². The molecule has 0 aliphatic carbocycles. The molecule has 1 fully saturated rings. The molecule has 32 heavy (non-hydrogen) atoms. The van der Waals surface area contributed by atoms with Crippen LogP contribution in [0.2, 0.25) is 10.0 Å². The lowest BCUT2D eigenvalue weighted by Crippen LogP contribution is -2.54. The van der Waals surface area contributed by atoms with E-state index in [1.807, 2.05) is 36.4 Å². The van der Waals surface area contributed by atoms with Crippen LogP contribution in [0, 0.1) is 0 Å². The molecule has 4 amide bonds. The van der Waals surface area contributed by atoms with Crippen LogP contribution in [0.5, 0.6) is 0 Å². The number of imide groups is 2. The predicted molar refractivity (Wildman–Crippen MR) is 129 cm³/mol. The molecule has 0 unspecified atom stereocenters. The third-order valence-electron chi connectivity index (χ3n) is 4.91. The summed E-state index contributed by atoms with van der Waals surface area (Å²) in [5, 5.41) is 3.36. The van der Waals surface area contributed by atoms with Gasteiger partial charge >= 0.3 is 6.03 Å². The number of carbonyl (C=O) groups is 3. The number of hydrogen-bond acceptors (Lipinski definition) is 3. The van der Waals surface area contributed by atoms with Crippen molar-refractivity contribution in [1.82, 2.24) is 5.32 Å². The highest BCUT2D eigenvalue weighted by atomic mass is 79.9. The summed E-state index contributed by atoms with van der Waals surface area (Å²) < 4.78 is 0.807. The first kappa shape index (κ1) is 22.3. The normalized spacial score (nSPS) is 15.3. The van der Waals surface area contributed by atoms with Gasteiger partial charge in [0.2, 0.25) is 0 Å². The Morgan fingerprint density at radius 1 is 0.906 bits per heavy atom. The van der Waals surface area contributed by atoms with E-state index in [0.29, 0.717) is 27.7 Å². The Hall–Kier alpha value is -2.93. The molecule has 5 nitrogen and oxygen atoms in total. The monoisotopic (exact) mass is 528 g/mol. The molecule has 4 rings (SSSR count). The molecule has 1 N–H and O–H groups in total. The summed E-state index contributed by atoms with van der Waals surface area (Å²) in [5.41, 5.74) is 2.78. The number of anilines is 1. The summed E-state index contributed by atoms with van der Waals surface area (Å²) in [4.78, 5) is 38.6. The molecule has 0 spiro atoms. The van der Waals surface area contributed by atoms with Gasteiger partial charge in [-0.1, -0.05) is 69.5 Å². The van der Waals surface area contributed by atoms with E-state index in [-0.39, 0.29) is 5.57 Å². The molecule has 0 saturated carbocycles. The van der Waals surface area contributed by atoms with Gasteiger partial charge in [-0.25, -0.2) is 9.69 Å². The molecule has 160 valence electrons. The smallest absolute Gasteiger partial charge is 0.273 e. The van der Waals surface area contributed by atoms with Crippen molar-refractivity contribution in [1.29, 1.82) is 0 Å². The number of hydrogen-bond donors (Lipinski definition) is 1. The molecule has 1 aliphatic heterocycles. The molecule has 3 aromatic carbocycles.